The summed E-state index contributed by atoms with van der Waals surface area (Å²) >= 11 is 0. The molecule has 2 fully saturated rings. The Morgan fingerprint density at radius 3 is 2.82 bits per heavy atom. The van der Waals surface area contributed by atoms with E-state index in [4.69, 9.17) is 0 Å². The molecule has 3 rings (SSSR count). The summed E-state index contributed by atoms with van der Waals surface area (Å²) in [4.78, 5) is 0. The number of fused-ring (bicyclic) bond motifs is 3. The number of hydrogen-bond acceptors (Lipinski definition) is 0. The molecule has 0 aromatic carbocycles. The van der Waals surface area contributed by atoms with Gasteiger partial charge in [0.1, 0.15) is 0 Å². The van der Waals surface area contributed by atoms with Crippen LogP contribution in [0.3, 0.4) is 0 Å². The predicted octanol–water partition coefficient (Wildman–Crippen LogP) is 2.85. The van der Waals surface area contributed by atoms with Crippen molar-refractivity contribution in [3.8, 4) is 0 Å². The normalized spacial score (nSPS) is 58.7. The first kappa shape index (κ1) is 6.28. The number of allylic oxidation sites excluding steroid dienone is 2. The van der Waals surface area contributed by atoms with Crippen LogP contribution in [0.4, 0.5) is 0 Å². The molecule has 11 heavy (non-hydrogen) atoms. The Hall–Kier alpha value is -0.260. The van der Waals surface area contributed by atoms with Crippen molar-refractivity contribution in [2.45, 2.75) is 26.7 Å². The van der Waals surface area contributed by atoms with E-state index in [-0.39, 0.29) is 0 Å². The maximum atomic E-state index is 2.54. The highest BCUT2D eigenvalue weighted by Gasteiger charge is 2.56. The van der Waals surface area contributed by atoms with E-state index in [1.807, 2.05) is 0 Å². The average molecular weight is 148 g/mol. The molecule has 0 bridgehead atoms. The van der Waals surface area contributed by atoms with Gasteiger partial charge in [-0.05, 0) is 49.4 Å². The van der Waals surface area contributed by atoms with Crippen LogP contribution in [0.1, 0.15) is 26.7 Å². The van der Waals surface area contributed by atoms with Crippen LogP contribution in [-0.4, -0.2) is 0 Å². The van der Waals surface area contributed by atoms with Gasteiger partial charge in [0.25, 0.3) is 0 Å². The summed E-state index contributed by atoms with van der Waals surface area (Å²) in [5.74, 6) is 5.27. The quantitative estimate of drug-likeness (QED) is 0.463. The average Bonchev–Trinajstić information content (AvgIpc) is 2.79. The standard InChI is InChI=1S/C11H16/c1-6-3-7(2)9-5-11(9)10-4-8(6)10/h3,6,8-11H,4-5H2,1-2H3. The Kier molecular flexibility index (Phi) is 0.987. The third-order valence-electron chi connectivity index (χ3n) is 4.07. The first-order valence-electron chi connectivity index (χ1n) is 4.95. The molecule has 0 aromatic rings. The van der Waals surface area contributed by atoms with Gasteiger partial charge in [-0.25, -0.2) is 0 Å². The van der Waals surface area contributed by atoms with Crippen LogP contribution in [0.25, 0.3) is 0 Å². The monoisotopic (exact) mass is 148 g/mol. The molecule has 2 saturated carbocycles. The Morgan fingerprint density at radius 1 is 1.18 bits per heavy atom. The Balaban J connectivity index is 1.94. The van der Waals surface area contributed by atoms with Gasteiger partial charge < -0.3 is 0 Å². The van der Waals surface area contributed by atoms with Gasteiger partial charge in [-0.2, -0.15) is 0 Å². The van der Waals surface area contributed by atoms with Gasteiger partial charge in [-0.1, -0.05) is 18.6 Å². The molecule has 0 N–H and O–H groups in total. The van der Waals surface area contributed by atoms with Crippen molar-refractivity contribution < 1.29 is 0 Å². The van der Waals surface area contributed by atoms with Crippen LogP contribution < -0.4 is 0 Å². The molecule has 0 radical (unpaired) electrons. The fourth-order valence-electron chi connectivity index (χ4n) is 3.21. The van der Waals surface area contributed by atoms with Gasteiger partial charge in [0.15, 0.2) is 0 Å². The van der Waals surface area contributed by atoms with Crippen LogP contribution in [0.5, 0.6) is 0 Å². The van der Waals surface area contributed by atoms with Gasteiger partial charge >= 0.3 is 0 Å². The summed E-state index contributed by atoms with van der Waals surface area (Å²) in [5.41, 5.74) is 1.70. The zero-order valence-corrected chi connectivity index (χ0v) is 7.38. The summed E-state index contributed by atoms with van der Waals surface area (Å²) in [6, 6.07) is 0. The summed E-state index contributed by atoms with van der Waals surface area (Å²) in [6.45, 7) is 4.74. The molecule has 0 aromatic heterocycles. The summed E-state index contributed by atoms with van der Waals surface area (Å²) in [6.07, 6.45) is 5.62. The third kappa shape index (κ3) is 0.758. The second kappa shape index (κ2) is 1.73. The molecule has 0 amide bonds. The van der Waals surface area contributed by atoms with E-state index in [2.05, 4.69) is 19.9 Å². The molecule has 0 heteroatoms. The topological polar surface area (TPSA) is 0 Å². The fourth-order valence-corrected chi connectivity index (χ4v) is 3.21. The largest absolute Gasteiger partial charge is 0.0822 e. The molecule has 5 unspecified atom stereocenters. The molecular formula is C11H16. The fraction of sp³-hybridized carbons (Fsp3) is 0.818. The van der Waals surface area contributed by atoms with E-state index in [0.29, 0.717) is 0 Å². The van der Waals surface area contributed by atoms with Gasteiger partial charge in [-0.15, -0.1) is 0 Å². The minimum absolute atomic E-state index is 0.896. The summed E-state index contributed by atoms with van der Waals surface area (Å²) in [5, 5.41) is 0. The van der Waals surface area contributed by atoms with Crippen LogP contribution in [0, 0.1) is 29.6 Å². The van der Waals surface area contributed by atoms with Crippen molar-refractivity contribution in [3.05, 3.63) is 11.6 Å². The lowest BCUT2D eigenvalue weighted by atomic mass is 10.0. The van der Waals surface area contributed by atoms with Gasteiger partial charge in [0.05, 0.1) is 0 Å². The Morgan fingerprint density at radius 2 is 2.00 bits per heavy atom. The second-order valence-corrected chi connectivity index (χ2v) is 4.84. The maximum Gasteiger partial charge on any atom is -0.0172 e. The van der Waals surface area contributed by atoms with Crippen molar-refractivity contribution >= 4 is 0 Å². The van der Waals surface area contributed by atoms with E-state index in [9.17, 15) is 0 Å². The highest BCUT2D eigenvalue weighted by atomic mass is 14.6. The lowest BCUT2D eigenvalue weighted by molar-refractivity contribution is 0.540. The van der Waals surface area contributed by atoms with E-state index in [1.54, 1.807) is 12.0 Å². The molecule has 5 atom stereocenters. The van der Waals surface area contributed by atoms with E-state index < -0.39 is 0 Å². The van der Waals surface area contributed by atoms with Crippen molar-refractivity contribution in [2.24, 2.45) is 29.6 Å². The minimum atomic E-state index is 0.896. The number of rotatable bonds is 0. The van der Waals surface area contributed by atoms with E-state index >= 15 is 0 Å². The third-order valence-corrected chi connectivity index (χ3v) is 4.07. The zero-order chi connectivity index (χ0) is 7.59. The molecular weight excluding hydrogens is 132 g/mol. The smallest absolute Gasteiger partial charge is 0.0172 e. The molecule has 0 aliphatic heterocycles. The summed E-state index contributed by atoms with van der Waals surface area (Å²) in [7, 11) is 0. The molecule has 3 aliphatic carbocycles. The zero-order valence-electron chi connectivity index (χ0n) is 7.38. The molecule has 3 aliphatic rings. The highest BCUT2D eigenvalue weighted by molar-refractivity contribution is 5.23. The van der Waals surface area contributed by atoms with Crippen LogP contribution in [-0.2, 0) is 0 Å². The molecule has 0 spiro atoms. The highest BCUT2D eigenvalue weighted by Crippen LogP contribution is 2.64. The first-order valence-corrected chi connectivity index (χ1v) is 4.95. The molecule has 0 saturated heterocycles. The maximum absolute atomic E-state index is 2.54. The van der Waals surface area contributed by atoms with Crippen molar-refractivity contribution in [1.29, 1.82) is 0 Å². The Bertz CT molecular complexity index is 226. The van der Waals surface area contributed by atoms with Gasteiger partial charge in [0, 0.05) is 0 Å². The van der Waals surface area contributed by atoms with Crippen molar-refractivity contribution in [1.82, 2.24) is 0 Å². The Labute approximate surface area is 68.7 Å². The van der Waals surface area contributed by atoms with E-state index in [0.717, 1.165) is 29.6 Å². The van der Waals surface area contributed by atoms with Crippen LogP contribution in [0.2, 0.25) is 0 Å². The minimum Gasteiger partial charge on any atom is -0.0822 e. The van der Waals surface area contributed by atoms with Gasteiger partial charge in [-0.3, -0.25) is 0 Å². The lowest BCUT2D eigenvalue weighted by Crippen LogP contribution is -1.94. The lowest BCUT2D eigenvalue weighted by Gasteiger charge is -2.03. The summed E-state index contributed by atoms with van der Waals surface area (Å²) < 4.78 is 0. The van der Waals surface area contributed by atoms with Crippen LogP contribution in [0.15, 0.2) is 11.6 Å². The predicted molar refractivity (Wildman–Crippen MR) is 46.1 cm³/mol. The SMILES string of the molecule is CC1=CC(C)C2CC2C2CC12. The molecule has 0 heterocycles. The van der Waals surface area contributed by atoms with Crippen molar-refractivity contribution in [3.63, 3.8) is 0 Å². The molecule has 0 nitrogen and oxygen atoms in total. The van der Waals surface area contributed by atoms with Crippen LogP contribution >= 0.6 is 0 Å². The van der Waals surface area contributed by atoms with Crippen molar-refractivity contribution in [2.75, 3.05) is 0 Å². The van der Waals surface area contributed by atoms with E-state index in [1.165, 1.54) is 6.42 Å². The van der Waals surface area contributed by atoms with Gasteiger partial charge in [0.2, 0.25) is 0 Å². The first-order chi connectivity index (χ1) is 5.27. The second-order valence-electron chi connectivity index (χ2n) is 4.84. The molecule has 60 valence electrons. The number of hydrogen-bond donors (Lipinski definition) is 0.